The van der Waals surface area contributed by atoms with Gasteiger partial charge in [-0.25, -0.2) is 4.98 Å². The summed E-state index contributed by atoms with van der Waals surface area (Å²) in [4.78, 5) is 45.0. The van der Waals surface area contributed by atoms with Crippen LogP contribution < -0.4 is 20.7 Å². The summed E-state index contributed by atoms with van der Waals surface area (Å²) in [5.74, 6) is -0.826. The second-order valence-electron chi connectivity index (χ2n) is 7.02. The first-order valence-corrected chi connectivity index (χ1v) is 10.8. The Bertz CT molecular complexity index is 970. The fraction of sp³-hybridized carbons (Fsp3) is 0.400. The van der Waals surface area contributed by atoms with Crippen molar-refractivity contribution in [1.29, 1.82) is 0 Å². The first-order chi connectivity index (χ1) is 14.6. The molecule has 158 valence electrons. The van der Waals surface area contributed by atoms with Crippen molar-refractivity contribution >= 4 is 39.9 Å². The van der Waals surface area contributed by atoms with Gasteiger partial charge in [-0.05, 0) is 30.2 Å². The van der Waals surface area contributed by atoms with Gasteiger partial charge in [0.15, 0.2) is 5.13 Å². The maximum absolute atomic E-state index is 12.5. The third kappa shape index (κ3) is 4.14. The Hall–Kier alpha value is -2.98. The lowest BCUT2D eigenvalue weighted by atomic mass is 10.1. The lowest BCUT2D eigenvalue weighted by molar-refractivity contribution is -0.118. The summed E-state index contributed by atoms with van der Waals surface area (Å²) in [6.45, 7) is 5.22. The van der Waals surface area contributed by atoms with Gasteiger partial charge in [-0.15, -0.1) is 11.3 Å². The lowest BCUT2D eigenvalue weighted by Crippen LogP contribution is -2.42. The molecule has 3 heterocycles. The first-order valence-electron chi connectivity index (χ1n) is 9.89. The Morgan fingerprint density at radius 1 is 1.13 bits per heavy atom. The highest BCUT2D eigenvalue weighted by molar-refractivity contribution is 7.13. The number of amides is 3. The van der Waals surface area contributed by atoms with E-state index in [9.17, 15) is 14.4 Å². The summed E-state index contributed by atoms with van der Waals surface area (Å²) in [6, 6.07) is 5.20. The lowest BCUT2D eigenvalue weighted by Gasteiger charge is -2.25. The highest BCUT2D eigenvalue weighted by atomic mass is 32.1. The molecular weight excluding hydrogens is 406 g/mol. The van der Waals surface area contributed by atoms with Crippen molar-refractivity contribution in [2.45, 2.75) is 19.8 Å². The molecule has 2 aromatic rings. The maximum atomic E-state index is 12.5. The Morgan fingerprint density at radius 3 is 2.67 bits per heavy atom. The number of carbonyl (C=O) groups excluding carboxylic acids is 3. The minimum Gasteiger partial charge on any atom is -0.378 e. The summed E-state index contributed by atoms with van der Waals surface area (Å²) in [5.41, 5.74) is 7.32. The number of hydrogen-bond acceptors (Lipinski definition) is 7. The highest BCUT2D eigenvalue weighted by Gasteiger charge is 2.24. The van der Waals surface area contributed by atoms with Gasteiger partial charge < -0.3 is 14.5 Å². The number of nitrogens with one attached hydrogen (secondary N) is 2. The predicted octanol–water partition coefficient (Wildman–Crippen LogP) is 1.35. The average Bonchev–Trinajstić information content (AvgIpc) is 3.44. The van der Waals surface area contributed by atoms with Crippen LogP contribution in [0.1, 0.15) is 39.8 Å². The molecule has 3 amide bonds. The minimum atomic E-state index is -0.472. The molecule has 1 aromatic heterocycles. The monoisotopic (exact) mass is 429 g/mol. The molecular formula is C20H23N5O4S. The number of rotatable bonds is 4. The number of morpholine rings is 1. The van der Waals surface area contributed by atoms with Gasteiger partial charge in [0.05, 0.1) is 13.2 Å². The molecule has 0 aliphatic carbocycles. The van der Waals surface area contributed by atoms with Crippen molar-refractivity contribution in [2.75, 3.05) is 42.6 Å². The van der Waals surface area contributed by atoms with E-state index >= 15 is 0 Å². The Labute approximate surface area is 178 Å². The third-order valence-electron chi connectivity index (χ3n) is 5.14. The van der Waals surface area contributed by atoms with Crippen LogP contribution in [-0.4, -0.2) is 55.6 Å². The fourth-order valence-corrected chi connectivity index (χ4v) is 4.37. The molecule has 1 saturated heterocycles. The molecule has 0 unspecified atom stereocenters. The SMILES string of the molecule is CCC(=O)N1CCc2cc(C(=O)NNC(=O)c3csc(N4CCOCC4)n3)ccc21. The number of anilines is 2. The van der Waals surface area contributed by atoms with E-state index in [4.69, 9.17) is 4.74 Å². The summed E-state index contributed by atoms with van der Waals surface area (Å²) >= 11 is 1.39. The molecule has 2 N–H and O–H groups in total. The molecule has 0 bridgehead atoms. The van der Waals surface area contributed by atoms with Crippen LogP contribution in [-0.2, 0) is 16.0 Å². The van der Waals surface area contributed by atoms with Crippen molar-refractivity contribution in [3.8, 4) is 0 Å². The molecule has 1 fully saturated rings. The fourth-order valence-electron chi connectivity index (χ4n) is 3.51. The Kier molecular flexibility index (Phi) is 5.96. The number of nitrogens with zero attached hydrogens (tertiary/aromatic N) is 3. The molecule has 9 nitrogen and oxygen atoms in total. The second-order valence-corrected chi connectivity index (χ2v) is 7.85. The highest BCUT2D eigenvalue weighted by Crippen LogP contribution is 2.29. The van der Waals surface area contributed by atoms with E-state index in [2.05, 4.69) is 20.7 Å². The zero-order chi connectivity index (χ0) is 21.1. The molecule has 30 heavy (non-hydrogen) atoms. The van der Waals surface area contributed by atoms with Gasteiger partial charge in [-0.1, -0.05) is 6.92 Å². The number of fused-ring (bicyclic) bond motifs is 1. The first kappa shape index (κ1) is 20.3. The van der Waals surface area contributed by atoms with E-state index < -0.39 is 11.8 Å². The van der Waals surface area contributed by atoms with Crippen LogP contribution in [0, 0.1) is 0 Å². The van der Waals surface area contributed by atoms with E-state index in [0.29, 0.717) is 38.2 Å². The molecule has 0 atom stereocenters. The van der Waals surface area contributed by atoms with Gasteiger partial charge in [0.2, 0.25) is 5.91 Å². The van der Waals surface area contributed by atoms with Crippen LogP contribution in [0.2, 0.25) is 0 Å². The van der Waals surface area contributed by atoms with Crippen molar-refractivity contribution in [3.05, 3.63) is 40.4 Å². The number of hydrogen-bond donors (Lipinski definition) is 2. The van der Waals surface area contributed by atoms with E-state index in [1.807, 2.05) is 6.92 Å². The molecule has 0 radical (unpaired) electrons. The molecule has 4 rings (SSSR count). The van der Waals surface area contributed by atoms with Gasteiger partial charge >= 0.3 is 0 Å². The molecule has 2 aliphatic heterocycles. The summed E-state index contributed by atoms with van der Waals surface area (Å²) in [7, 11) is 0. The Morgan fingerprint density at radius 2 is 1.90 bits per heavy atom. The van der Waals surface area contributed by atoms with Crippen LogP contribution in [0.25, 0.3) is 0 Å². The van der Waals surface area contributed by atoms with E-state index in [1.165, 1.54) is 11.3 Å². The number of hydrazine groups is 1. The van der Waals surface area contributed by atoms with Crippen molar-refractivity contribution in [1.82, 2.24) is 15.8 Å². The third-order valence-corrected chi connectivity index (χ3v) is 6.04. The van der Waals surface area contributed by atoms with Crippen molar-refractivity contribution in [3.63, 3.8) is 0 Å². The largest absolute Gasteiger partial charge is 0.378 e. The minimum absolute atomic E-state index is 0.0675. The van der Waals surface area contributed by atoms with Gasteiger partial charge in [0, 0.05) is 42.7 Å². The maximum Gasteiger partial charge on any atom is 0.289 e. The smallest absolute Gasteiger partial charge is 0.289 e. The standard InChI is InChI=1S/C20H23N5O4S/c1-2-17(26)25-6-5-13-11-14(3-4-16(13)25)18(27)22-23-19(28)15-12-30-20(21-15)24-7-9-29-10-8-24/h3-4,11-12H,2,5-10H2,1H3,(H,22,27)(H,23,28). The average molecular weight is 430 g/mol. The summed E-state index contributed by atoms with van der Waals surface area (Å²) < 4.78 is 5.32. The van der Waals surface area contributed by atoms with Crippen molar-refractivity contribution in [2.24, 2.45) is 0 Å². The normalized spacial score (nSPS) is 15.6. The number of benzene rings is 1. The quantitative estimate of drug-likeness (QED) is 0.711. The second kappa shape index (κ2) is 8.80. The van der Waals surface area contributed by atoms with Crippen LogP contribution in [0.5, 0.6) is 0 Å². The molecule has 10 heteroatoms. The van der Waals surface area contributed by atoms with E-state index in [0.717, 1.165) is 29.5 Å². The van der Waals surface area contributed by atoms with Crippen LogP contribution in [0.15, 0.2) is 23.6 Å². The molecule has 0 saturated carbocycles. The van der Waals surface area contributed by atoms with E-state index in [1.54, 1.807) is 28.5 Å². The number of ether oxygens (including phenoxy) is 1. The molecule has 0 spiro atoms. The number of thiazole rings is 1. The summed E-state index contributed by atoms with van der Waals surface area (Å²) in [6.07, 6.45) is 1.15. The zero-order valence-corrected chi connectivity index (χ0v) is 17.5. The van der Waals surface area contributed by atoms with Gasteiger partial charge in [-0.3, -0.25) is 25.2 Å². The van der Waals surface area contributed by atoms with Crippen LogP contribution >= 0.6 is 11.3 Å². The van der Waals surface area contributed by atoms with Crippen LogP contribution in [0.3, 0.4) is 0 Å². The van der Waals surface area contributed by atoms with Gasteiger partial charge in [-0.2, -0.15) is 0 Å². The predicted molar refractivity (Wildman–Crippen MR) is 113 cm³/mol. The Balaban J connectivity index is 1.35. The molecule has 1 aromatic carbocycles. The van der Waals surface area contributed by atoms with Gasteiger partial charge in [0.1, 0.15) is 5.69 Å². The van der Waals surface area contributed by atoms with Gasteiger partial charge in [0.25, 0.3) is 11.8 Å². The zero-order valence-electron chi connectivity index (χ0n) is 16.6. The topological polar surface area (TPSA) is 104 Å². The van der Waals surface area contributed by atoms with Crippen LogP contribution in [0.4, 0.5) is 10.8 Å². The van der Waals surface area contributed by atoms with E-state index in [-0.39, 0.29) is 11.6 Å². The number of aromatic nitrogens is 1. The number of carbonyl (C=O) groups is 3. The summed E-state index contributed by atoms with van der Waals surface area (Å²) in [5, 5.41) is 2.43. The van der Waals surface area contributed by atoms with Crippen molar-refractivity contribution < 1.29 is 19.1 Å². The molecule has 2 aliphatic rings.